The van der Waals surface area contributed by atoms with Crippen molar-refractivity contribution in [1.29, 1.82) is 0 Å². The van der Waals surface area contributed by atoms with Crippen molar-refractivity contribution in [1.82, 2.24) is 25.4 Å². The van der Waals surface area contributed by atoms with Crippen LogP contribution in [0, 0.1) is 6.92 Å². The van der Waals surface area contributed by atoms with Gasteiger partial charge < -0.3 is 19.6 Å². The van der Waals surface area contributed by atoms with Gasteiger partial charge in [0.05, 0.1) is 6.26 Å². The Hall–Kier alpha value is -1.58. The highest BCUT2D eigenvalue weighted by Gasteiger charge is 2.05. The first-order valence-corrected chi connectivity index (χ1v) is 8.10. The van der Waals surface area contributed by atoms with Crippen LogP contribution in [-0.4, -0.2) is 33.8 Å². The zero-order valence-electron chi connectivity index (χ0n) is 14.6. The number of hydrogen-bond donors (Lipinski definition) is 2. The maximum absolute atomic E-state index is 5.34. The first kappa shape index (κ1) is 20.5. The van der Waals surface area contributed by atoms with Crippen LogP contribution in [0.5, 0.6) is 0 Å². The maximum atomic E-state index is 5.34. The van der Waals surface area contributed by atoms with Crippen molar-refractivity contribution in [3.63, 3.8) is 0 Å². The van der Waals surface area contributed by atoms with E-state index in [1.54, 1.807) is 6.26 Å². The highest BCUT2D eigenvalue weighted by atomic mass is 127. The third kappa shape index (κ3) is 6.50. The molecule has 0 aliphatic heterocycles. The molecule has 24 heavy (non-hydrogen) atoms. The van der Waals surface area contributed by atoms with Gasteiger partial charge in [-0.05, 0) is 25.5 Å². The molecule has 0 saturated carbocycles. The van der Waals surface area contributed by atoms with Crippen LogP contribution in [-0.2, 0) is 20.0 Å². The van der Waals surface area contributed by atoms with Crippen LogP contribution in [0.25, 0.3) is 0 Å². The Bertz CT molecular complexity index is 608. The molecule has 134 valence electrons. The van der Waals surface area contributed by atoms with E-state index in [2.05, 4.69) is 32.7 Å². The van der Waals surface area contributed by atoms with E-state index in [0.717, 1.165) is 55.7 Å². The molecule has 0 amide bonds. The molecule has 0 aliphatic carbocycles. The van der Waals surface area contributed by atoms with E-state index in [1.165, 1.54) is 0 Å². The average molecular weight is 446 g/mol. The summed E-state index contributed by atoms with van der Waals surface area (Å²) in [4.78, 5) is 4.60. The summed E-state index contributed by atoms with van der Waals surface area (Å²) in [5.41, 5.74) is 0. The number of unbranched alkanes of at least 4 members (excludes halogenated alkanes) is 1. The van der Waals surface area contributed by atoms with Crippen LogP contribution in [0.2, 0.25) is 0 Å². The molecule has 0 saturated heterocycles. The second kappa shape index (κ2) is 11.1. The predicted molar refractivity (Wildman–Crippen MR) is 106 cm³/mol. The van der Waals surface area contributed by atoms with Crippen LogP contribution in [0.3, 0.4) is 0 Å². The summed E-state index contributed by atoms with van der Waals surface area (Å²) in [6.07, 6.45) is 4.78. The minimum absolute atomic E-state index is 0. The van der Waals surface area contributed by atoms with Crippen LogP contribution in [0.15, 0.2) is 27.8 Å². The summed E-state index contributed by atoms with van der Waals surface area (Å²) in [7, 11) is 1.95. The molecule has 2 aromatic heterocycles. The summed E-state index contributed by atoms with van der Waals surface area (Å²) in [5.74, 6) is 3.51. The lowest BCUT2D eigenvalue weighted by molar-refractivity contribution is 0.506. The van der Waals surface area contributed by atoms with E-state index in [0.29, 0.717) is 6.54 Å². The number of nitrogens with one attached hydrogen (secondary N) is 2. The molecule has 0 atom stereocenters. The van der Waals surface area contributed by atoms with Gasteiger partial charge in [-0.3, -0.25) is 0 Å². The van der Waals surface area contributed by atoms with Gasteiger partial charge in [0.1, 0.15) is 18.1 Å². The van der Waals surface area contributed by atoms with Gasteiger partial charge in [0.2, 0.25) is 0 Å². The molecule has 2 heterocycles. The summed E-state index contributed by atoms with van der Waals surface area (Å²) in [6, 6.07) is 3.88. The molecule has 0 bridgehead atoms. The summed E-state index contributed by atoms with van der Waals surface area (Å²) in [6.45, 7) is 6.27. The Morgan fingerprint density at radius 3 is 2.71 bits per heavy atom. The Labute approximate surface area is 160 Å². The molecule has 7 nitrogen and oxygen atoms in total. The van der Waals surface area contributed by atoms with Gasteiger partial charge in [-0.1, -0.05) is 13.3 Å². The van der Waals surface area contributed by atoms with E-state index in [1.807, 2.05) is 30.7 Å². The van der Waals surface area contributed by atoms with Gasteiger partial charge in [-0.2, -0.15) is 0 Å². The van der Waals surface area contributed by atoms with Crippen LogP contribution in [0.1, 0.15) is 37.2 Å². The molecule has 8 heteroatoms. The van der Waals surface area contributed by atoms with Crippen LogP contribution >= 0.6 is 24.0 Å². The maximum Gasteiger partial charge on any atom is 0.191 e. The Morgan fingerprint density at radius 1 is 1.29 bits per heavy atom. The van der Waals surface area contributed by atoms with Gasteiger partial charge in [0.15, 0.2) is 11.8 Å². The molecule has 0 aromatic carbocycles. The molecule has 0 radical (unpaired) electrons. The number of guanidine groups is 1. The first-order valence-electron chi connectivity index (χ1n) is 8.10. The summed E-state index contributed by atoms with van der Waals surface area (Å²) in [5, 5.41) is 14.9. The largest absolute Gasteiger partial charge is 0.469 e. The minimum Gasteiger partial charge on any atom is -0.469 e. The Morgan fingerprint density at radius 2 is 2.08 bits per heavy atom. The van der Waals surface area contributed by atoms with E-state index < -0.39 is 0 Å². The van der Waals surface area contributed by atoms with E-state index in [4.69, 9.17) is 4.42 Å². The topological polar surface area (TPSA) is 80.3 Å². The highest BCUT2D eigenvalue weighted by molar-refractivity contribution is 14.0. The number of rotatable bonds is 8. The second-order valence-corrected chi connectivity index (χ2v) is 5.42. The second-order valence-electron chi connectivity index (χ2n) is 5.42. The van der Waals surface area contributed by atoms with Gasteiger partial charge in [-0.15, -0.1) is 34.2 Å². The first-order chi connectivity index (χ1) is 11.2. The van der Waals surface area contributed by atoms with Crippen molar-refractivity contribution in [2.24, 2.45) is 12.0 Å². The lowest BCUT2D eigenvalue weighted by Gasteiger charge is -2.12. The van der Waals surface area contributed by atoms with Crippen molar-refractivity contribution >= 4 is 29.9 Å². The van der Waals surface area contributed by atoms with Gasteiger partial charge in [0, 0.05) is 26.6 Å². The predicted octanol–water partition coefficient (Wildman–Crippen LogP) is 2.41. The lowest BCUT2D eigenvalue weighted by atomic mass is 10.3. The third-order valence-corrected chi connectivity index (χ3v) is 3.63. The Balaban J connectivity index is 0.00000288. The number of aliphatic imine (C=N–C) groups is 1. The fourth-order valence-corrected chi connectivity index (χ4v) is 2.06. The summed E-state index contributed by atoms with van der Waals surface area (Å²) < 4.78 is 7.29. The molecular weight excluding hydrogens is 419 g/mol. The number of furan rings is 1. The molecule has 0 spiro atoms. The van der Waals surface area contributed by atoms with Crippen molar-refractivity contribution in [3.05, 3.63) is 35.8 Å². The average Bonchev–Trinajstić information content (AvgIpc) is 3.17. The normalized spacial score (nSPS) is 11.2. The third-order valence-electron chi connectivity index (χ3n) is 3.63. The van der Waals surface area contributed by atoms with Gasteiger partial charge in [0.25, 0.3) is 0 Å². The molecule has 0 unspecified atom stereocenters. The fourth-order valence-electron chi connectivity index (χ4n) is 2.06. The molecular formula is C16H27IN6O. The van der Waals surface area contributed by atoms with Crippen LogP contribution < -0.4 is 10.6 Å². The highest BCUT2D eigenvalue weighted by Crippen LogP contribution is 2.00. The quantitative estimate of drug-likeness (QED) is 0.282. The van der Waals surface area contributed by atoms with Crippen molar-refractivity contribution < 1.29 is 4.42 Å². The van der Waals surface area contributed by atoms with Crippen molar-refractivity contribution in [2.45, 2.75) is 39.7 Å². The van der Waals surface area contributed by atoms with E-state index >= 15 is 0 Å². The van der Waals surface area contributed by atoms with Gasteiger partial charge >= 0.3 is 0 Å². The standard InChI is InChI=1S/C16H26N6O.HI/c1-4-5-9-17-16(18-10-8-14-7-6-11-23-14)19-12-15-21-20-13(2)22(15)3;/h6-7,11H,4-5,8-10,12H2,1-3H3,(H2,17,18,19);1H. The molecule has 2 aromatic rings. The molecule has 0 aliphatic rings. The minimum atomic E-state index is 0. The van der Waals surface area contributed by atoms with Crippen molar-refractivity contribution in [3.8, 4) is 0 Å². The molecule has 0 fully saturated rings. The number of nitrogens with zero attached hydrogens (tertiary/aromatic N) is 4. The van der Waals surface area contributed by atoms with E-state index in [-0.39, 0.29) is 24.0 Å². The zero-order valence-corrected chi connectivity index (χ0v) is 16.9. The summed E-state index contributed by atoms with van der Waals surface area (Å²) >= 11 is 0. The Kier molecular flexibility index (Phi) is 9.43. The zero-order chi connectivity index (χ0) is 16.5. The fraction of sp³-hybridized carbons (Fsp3) is 0.562. The van der Waals surface area contributed by atoms with Gasteiger partial charge in [-0.25, -0.2) is 4.99 Å². The van der Waals surface area contributed by atoms with E-state index in [9.17, 15) is 0 Å². The number of halogens is 1. The van der Waals surface area contributed by atoms with Crippen molar-refractivity contribution in [2.75, 3.05) is 13.1 Å². The lowest BCUT2D eigenvalue weighted by Crippen LogP contribution is -2.39. The number of aromatic nitrogens is 3. The monoisotopic (exact) mass is 446 g/mol. The number of aryl methyl sites for hydroxylation is 1. The smallest absolute Gasteiger partial charge is 0.191 e. The molecule has 2 N–H and O–H groups in total. The SMILES string of the molecule is CCCCNC(=NCc1nnc(C)n1C)NCCc1ccco1.I. The number of hydrogen-bond acceptors (Lipinski definition) is 4. The molecule has 2 rings (SSSR count). The van der Waals surface area contributed by atoms with Crippen LogP contribution in [0.4, 0.5) is 0 Å².